The average molecular weight is 377 g/mol. The third-order valence-electron chi connectivity index (χ3n) is 5.64. The summed E-state index contributed by atoms with van der Waals surface area (Å²) < 4.78 is 0. The monoisotopic (exact) mass is 377 g/mol. The Bertz CT molecular complexity index is 958. The van der Waals surface area contributed by atoms with Crippen molar-refractivity contribution in [1.29, 1.82) is 0 Å². The van der Waals surface area contributed by atoms with Gasteiger partial charge in [-0.05, 0) is 30.2 Å². The van der Waals surface area contributed by atoms with Gasteiger partial charge in [-0.25, -0.2) is 0 Å². The number of carbonyl (C=O) groups excluding carboxylic acids is 1. The second-order valence-electron chi connectivity index (χ2n) is 7.40. The zero-order valence-corrected chi connectivity index (χ0v) is 16.5. The molecule has 2 N–H and O–H groups in total. The van der Waals surface area contributed by atoms with Gasteiger partial charge in [-0.2, -0.15) is 5.10 Å². The molecule has 146 valence electrons. The largest absolute Gasteiger partial charge is 0.368 e. The number of aromatic amines is 1. The highest BCUT2D eigenvalue weighted by atomic mass is 16.2. The molecule has 1 unspecified atom stereocenters. The van der Waals surface area contributed by atoms with E-state index in [0.717, 1.165) is 43.6 Å². The zero-order valence-electron chi connectivity index (χ0n) is 16.5. The normalized spacial score (nSPS) is 15.8. The summed E-state index contributed by atoms with van der Waals surface area (Å²) in [7, 11) is 0. The summed E-state index contributed by atoms with van der Waals surface area (Å²) in [5.74, 6) is 0.164. The van der Waals surface area contributed by atoms with E-state index in [1.165, 1.54) is 16.8 Å². The number of benzene rings is 2. The maximum Gasteiger partial charge on any atom is 0.219 e. The molecule has 4 rings (SSSR count). The topological polar surface area (TPSA) is 64.3 Å². The summed E-state index contributed by atoms with van der Waals surface area (Å²) in [5, 5.41) is 12.0. The van der Waals surface area contributed by atoms with Crippen molar-refractivity contribution < 1.29 is 4.79 Å². The number of nitrogens with zero attached hydrogens (tertiary/aromatic N) is 3. The summed E-state index contributed by atoms with van der Waals surface area (Å²) in [4.78, 5) is 15.9. The van der Waals surface area contributed by atoms with Gasteiger partial charge in [0.15, 0.2) is 0 Å². The molecule has 0 spiro atoms. The van der Waals surface area contributed by atoms with Crippen LogP contribution in [0.5, 0.6) is 0 Å². The van der Waals surface area contributed by atoms with Crippen LogP contribution in [0.3, 0.4) is 0 Å². The van der Waals surface area contributed by atoms with Crippen LogP contribution in [0.4, 0.5) is 5.69 Å². The van der Waals surface area contributed by atoms with Crippen LogP contribution in [0.2, 0.25) is 0 Å². The lowest BCUT2D eigenvalue weighted by Crippen LogP contribution is -2.48. The Labute approximate surface area is 165 Å². The Balaban J connectivity index is 1.46. The molecular weight excluding hydrogens is 350 g/mol. The van der Waals surface area contributed by atoms with E-state index < -0.39 is 0 Å². The van der Waals surface area contributed by atoms with Gasteiger partial charge in [0.2, 0.25) is 5.91 Å². The summed E-state index contributed by atoms with van der Waals surface area (Å²) in [6.07, 6.45) is 1.89. The second-order valence-corrected chi connectivity index (χ2v) is 7.40. The first-order chi connectivity index (χ1) is 13.6. The molecule has 6 nitrogen and oxygen atoms in total. The Hall–Kier alpha value is -2.86. The fourth-order valence-corrected chi connectivity index (χ4v) is 3.97. The number of aromatic nitrogens is 2. The number of para-hydroxylation sites is 1. The molecule has 0 radical (unpaired) electrons. The Morgan fingerprint density at radius 3 is 2.71 bits per heavy atom. The van der Waals surface area contributed by atoms with Crippen molar-refractivity contribution >= 4 is 22.5 Å². The SMILES string of the molecule is CC(=O)N1CCN(c2ccccc2CNC(C)c2cccc3[nH]ncc23)CC1. The lowest BCUT2D eigenvalue weighted by Gasteiger charge is -2.36. The van der Waals surface area contributed by atoms with Gasteiger partial charge in [-0.1, -0.05) is 30.3 Å². The number of hydrogen-bond donors (Lipinski definition) is 2. The van der Waals surface area contributed by atoms with E-state index in [1.54, 1.807) is 6.92 Å². The number of H-pyrrole nitrogens is 1. The van der Waals surface area contributed by atoms with Crippen molar-refractivity contribution in [1.82, 2.24) is 20.4 Å². The summed E-state index contributed by atoms with van der Waals surface area (Å²) >= 11 is 0. The molecule has 1 fully saturated rings. The van der Waals surface area contributed by atoms with Crippen LogP contribution in [0.15, 0.2) is 48.7 Å². The van der Waals surface area contributed by atoms with Crippen LogP contribution in [0.1, 0.15) is 31.0 Å². The van der Waals surface area contributed by atoms with Crippen molar-refractivity contribution in [3.05, 3.63) is 59.8 Å². The van der Waals surface area contributed by atoms with Crippen LogP contribution in [0, 0.1) is 0 Å². The van der Waals surface area contributed by atoms with E-state index in [2.05, 4.69) is 69.8 Å². The first-order valence-electron chi connectivity index (χ1n) is 9.87. The number of hydrogen-bond acceptors (Lipinski definition) is 4. The molecule has 1 aliphatic heterocycles. The summed E-state index contributed by atoms with van der Waals surface area (Å²) in [6.45, 7) is 7.96. The van der Waals surface area contributed by atoms with Gasteiger partial charge < -0.3 is 15.1 Å². The maximum absolute atomic E-state index is 11.6. The molecule has 1 saturated heterocycles. The fraction of sp³-hybridized carbons (Fsp3) is 0.364. The van der Waals surface area contributed by atoms with Crippen molar-refractivity contribution in [2.75, 3.05) is 31.1 Å². The van der Waals surface area contributed by atoms with Gasteiger partial charge in [0, 0.05) is 56.8 Å². The minimum Gasteiger partial charge on any atom is -0.368 e. The van der Waals surface area contributed by atoms with E-state index in [4.69, 9.17) is 0 Å². The van der Waals surface area contributed by atoms with Crippen LogP contribution in [0.25, 0.3) is 10.9 Å². The predicted octanol–water partition coefficient (Wildman–Crippen LogP) is 3.08. The van der Waals surface area contributed by atoms with Crippen LogP contribution in [-0.4, -0.2) is 47.2 Å². The van der Waals surface area contributed by atoms with Crippen molar-refractivity contribution in [2.45, 2.75) is 26.4 Å². The number of fused-ring (bicyclic) bond motifs is 1. The third-order valence-corrected chi connectivity index (χ3v) is 5.64. The molecule has 1 atom stereocenters. The number of amides is 1. The quantitative estimate of drug-likeness (QED) is 0.717. The Kier molecular flexibility index (Phi) is 5.30. The highest BCUT2D eigenvalue weighted by molar-refractivity contribution is 5.82. The van der Waals surface area contributed by atoms with E-state index in [9.17, 15) is 4.79 Å². The molecule has 6 heteroatoms. The second kappa shape index (κ2) is 8.02. The van der Waals surface area contributed by atoms with Crippen molar-refractivity contribution in [2.24, 2.45) is 0 Å². The maximum atomic E-state index is 11.6. The van der Waals surface area contributed by atoms with Gasteiger partial charge in [0.1, 0.15) is 0 Å². The molecule has 2 aromatic carbocycles. The Morgan fingerprint density at radius 1 is 1.14 bits per heavy atom. The lowest BCUT2D eigenvalue weighted by atomic mass is 10.0. The summed E-state index contributed by atoms with van der Waals surface area (Å²) in [6, 6.07) is 15.0. The molecule has 1 aromatic heterocycles. The van der Waals surface area contributed by atoms with Crippen LogP contribution >= 0.6 is 0 Å². The Morgan fingerprint density at radius 2 is 1.93 bits per heavy atom. The van der Waals surface area contributed by atoms with Gasteiger partial charge >= 0.3 is 0 Å². The lowest BCUT2D eigenvalue weighted by molar-refractivity contribution is -0.129. The number of carbonyl (C=O) groups is 1. The van der Waals surface area contributed by atoms with E-state index in [-0.39, 0.29) is 11.9 Å². The van der Waals surface area contributed by atoms with E-state index >= 15 is 0 Å². The average Bonchev–Trinajstić information content (AvgIpc) is 3.21. The first kappa shape index (κ1) is 18.5. The van der Waals surface area contributed by atoms with Gasteiger partial charge in [-0.3, -0.25) is 9.89 Å². The minimum absolute atomic E-state index is 0.164. The van der Waals surface area contributed by atoms with Crippen LogP contribution in [-0.2, 0) is 11.3 Å². The van der Waals surface area contributed by atoms with Crippen molar-refractivity contribution in [3.8, 4) is 0 Å². The number of nitrogens with one attached hydrogen (secondary N) is 2. The standard InChI is InChI=1S/C22H27N5O/c1-16(19-7-5-8-21-20(19)15-24-25-21)23-14-18-6-3-4-9-22(18)27-12-10-26(11-13-27)17(2)28/h3-9,15-16,23H,10-14H2,1-2H3,(H,24,25). The molecule has 0 saturated carbocycles. The fourth-order valence-electron chi connectivity index (χ4n) is 3.97. The minimum atomic E-state index is 0.164. The molecule has 3 aromatic rings. The highest BCUT2D eigenvalue weighted by Crippen LogP contribution is 2.25. The third kappa shape index (κ3) is 3.73. The summed E-state index contributed by atoms with van der Waals surface area (Å²) in [5.41, 5.74) is 4.85. The van der Waals surface area contributed by atoms with Gasteiger partial charge in [-0.15, -0.1) is 0 Å². The van der Waals surface area contributed by atoms with Gasteiger partial charge in [0.05, 0.1) is 11.7 Å². The van der Waals surface area contributed by atoms with Crippen LogP contribution < -0.4 is 10.2 Å². The molecule has 1 aliphatic rings. The predicted molar refractivity (Wildman–Crippen MR) is 112 cm³/mol. The number of rotatable bonds is 5. The van der Waals surface area contributed by atoms with E-state index in [0.29, 0.717) is 0 Å². The van der Waals surface area contributed by atoms with Gasteiger partial charge in [0.25, 0.3) is 0 Å². The van der Waals surface area contributed by atoms with Crippen molar-refractivity contribution in [3.63, 3.8) is 0 Å². The number of piperazine rings is 1. The molecule has 2 heterocycles. The van der Waals surface area contributed by atoms with E-state index in [1.807, 2.05) is 11.1 Å². The first-order valence-corrected chi connectivity index (χ1v) is 9.87. The number of anilines is 1. The zero-order chi connectivity index (χ0) is 19.5. The molecular formula is C22H27N5O. The smallest absolute Gasteiger partial charge is 0.219 e. The molecule has 0 bridgehead atoms. The molecule has 0 aliphatic carbocycles. The highest BCUT2D eigenvalue weighted by Gasteiger charge is 2.20. The molecule has 28 heavy (non-hydrogen) atoms. The molecule has 1 amide bonds.